The Hall–Kier alpha value is -0.490. The summed E-state index contributed by atoms with van der Waals surface area (Å²) in [7, 11) is -5.53. The number of fused-ring (bicyclic) bond motifs is 2. The predicted molar refractivity (Wildman–Crippen MR) is 43.5 cm³/mol. The van der Waals surface area contributed by atoms with Crippen molar-refractivity contribution in [1.29, 1.82) is 0 Å². The molecule has 2 aliphatic rings. The van der Waals surface area contributed by atoms with Crippen LogP contribution in [0.2, 0.25) is 0 Å². The second-order valence-electron chi connectivity index (χ2n) is 3.90. The molecule has 0 aromatic rings. The van der Waals surface area contributed by atoms with Crippen LogP contribution in [-0.4, -0.2) is 18.2 Å². The molecule has 0 saturated heterocycles. The van der Waals surface area contributed by atoms with Crippen LogP contribution in [-0.2, 0) is 10.1 Å². The molecule has 3 atom stereocenters. The number of hydrogen-bond acceptors (Lipinski definition) is 3. The minimum Gasteiger partial charge on any atom is -0.743 e. The van der Waals surface area contributed by atoms with Crippen molar-refractivity contribution in [3.63, 3.8) is 0 Å². The highest BCUT2D eigenvalue weighted by Gasteiger charge is 2.54. The zero-order chi connectivity index (χ0) is 10.6. The van der Waals surface area contributed by atoms with Gasteiger partial charge in [-0.3, -0.25) is 0 Å². The van der Waals surface area contributed by atoms with E-state index >= 15 is 0 Å². The van der Waals surface area contributed by atoms with Crippen LogP contribution >= 0.6 is 0 Å². The van der Waals surface area contributed by atoms with Crippen LogP contribution in [0, 0.1) is 17.8 Å². The van der Waals surface area contributed by atoms with E-state index in [1.165, 1.54) is 0 Å². The molecule has 80 valence electrons. The Bertz CT molecular complexity index is 374. The summed E-state index contributed by atoms with van der Waals surface area (Å²) in [5.74, 6) is -1.74. The number of allylic oxidation sites excluding steroid dienone is 2. The van der Waals surface area contributed by atoms with E-state index in [2.05, 4.69) is 0 Å². The lowest BCUT2D eigenvalue weighted by molar-refractivity contribution is 0.00533. The van der Waals surface area contributed by atoms with Crippen molar-refractivity contribution in [2.45, 2.75) is 18.1 Å². The third-order valence-corrected chi connectivity index (χ3v) is 4.01. The predicted octanol–water partition coefficient (Wildman–Crippen LogP) is 1.34. The van der Waals surface area contributed by atoms with Crippen LogP contribution in [0.1, 0.15) is 12.8 Å². The molecule has 0 N–H and O–H groups in total. The third kappa shape index (κ3) is 1.28. The lowest BCUT2D eigenvalue weighted by Crippen LogP contribution is -2.39. The first-order valence-electron chi connectivity index (χ1n) is 4.34. The van der Waals surface area contributed by atoms with Gasteiger partial charge in [-0.25, -0.2) is 8.42 Å². The van der Waals surface area contributed by atoms with E-state index in [0.29, 0.717) is 6.42 Å². The summed E-state index contributed by atoms with van der Waals surface area (Å²) in [6.07, 6.45) is 4.07. The van der Waals surface area contributed by atoms with Crippen molar-refractivity contribution in [3.8, 4) is 0 Å². The Balaban J connectivity index is 2.29. The van der Waals surface area contributed by atoms with Crippen LogP contribution in [0.3, 0.4) is 0 Å². The van der Waals surface area contributed by atoms with Gasteiger partial charge in [0.15, 0.2) is 10.1 Å². The summed E-state index contributed by atoms with van der Waals surface area (Å²) in [5, 5.41) is -4.11. The van der Waals surface area contributed by atoms with Crippen molar-refractivity contribution in [1.82, 2.24) is 0 Å². The van der Waals surface area contributed by atoms with Gasteiger partial charge in [-0.2, -0.15) is 8.78 Å². The van der Waals surface area contributed by atoms with E-state index in [4.69, 9.17) is 0 Å². The van der Waals surface area contributed by atoms with Gasteiger partial charge >= 0.3 is 5.25 Å². The molecule has 0 aromatic heterocycles. The van der Waals surface area contributed by atoms with Crippen LogP contribution < -0.4 is 0 Å². The average Bonchev–Trinajstić information content (AvgIpc) is 2.61. The van der Waals surface area contributed by atoms with E-state index < -0.39 is 27.2 Å². The first-order chi connectivity index (χ1) is 6.32. The molecule has 14 heavy (non-hydrogen) atoms. The normalized spacial score (nSPS) is 36.6. The molecule has 0 spiro atoms. The molecule has 0 amide bonds. The van der Waals surface area contributed by atoms with Gasteiger partial charge in [0.1, 0.15) is 0 Å². The first kappa shape index (κ1) is 10.0. The largest absolute Gasteiger partial charge is 0.743 e. The zero-order valence-corrected chi connectivity index (χ0v) is 8.01. The minimum atomic E-state index is -5.53. The van der Waals surface area contributed by atoms with E-state index in [1.807, 2.05) is 6.08 Å². The third-order valence-electron chi connectivity index (χ3n) is 3.04. The fourth-order valence-corrected chi connectivity index (χ4v) is 2.99. The lowest BCUT2D eigenvalue weighted by Gasteiger charge is -2.29. The summed E-state index contributed by atoms with van der Waals surface area (Å²) >= 11 is 0. The van der Waals surface area contributed by atoms with E-state index in [1.54, 1.807) is 6.08 Å². The van der Waals surface area contributed by atoms with Gasteiger partial charge in [0.05, 0.1) is 0 Å². The maximum Gasteiger partial charge on any atom is 0.337 e. The Morgan fingerprint density at radius 1 is 1.29 bits per heavy atom. The summed E-state index contributed by atoms with van der Waals surface area (Å²) in [5.41, 5.74) is 0. The summed E-state index contributed by atoms with van der Waals surface area (Å²) in [6, 6.07) is 0. The van der Waals surface area contributed by atoms with Gasteiger partial charge in [-0.1, -0.05) is 12.2 Å². The number of alkyl halides is 2. The van der Waals surface area contributed by atoms with Gasteiger partial charge < -0.3 is 4.55 Å². The number of rotatable bonds is 2. The van der Waals surface area contributed by atoms with Gasteiger partial charge in [0.2, 0.25) is 0 Å². The molecule has 2 bridgehead atoms. The quantitative estimate of drug-likeness (QED) is 0.524. The molecule has 0 heterocycles. The Morgan fingerprint density at radius 2 is 1.93 bits per heavy atom. The van der Waals surface area contributed by atoms with Crippen LogP contribution in [0.15, 0.2) is 12.2 Å². The smallest absolute Gasteiger partial charge is 0.337 e. The van der Waals surface area contributed by atoms with Gasteiger partial charge in [0.25, 0.3) is 0 Å². The summed E-state index contributed by atoms with van der Waals surface area (Å²) in [4.78, 5) is 0. The molecule has 0 aromatic carbocycles. The van der Waals surface area contributed by atoms with Crippen molar-refractivity contribution in [2.24, 2.45) is 17.8 Å². The molecule has 2 aliphatic carbocycles. The minimum absolute atomic E-state index is 0.0256. The Labute approximate surface area is 80.6 Å². The zero-order valence-electron chi connectivity index (χ0n) is 7.19. The van der Waals surface area contributed by atoms with Crippen molar-refractivity contribution < 1.29 is 21.8 Å². The Morgan fingerprint density at radius 3 is 2.29 bits per heavy atom. The number of hydrogen-bond donors (Lipinski definition) is 0. The fourth-order valence-electron chi connectivity index (χ4n) is 2.35. The fraction of sp³-hybridized carbons (Fsp3) is 0.750. The molecule has 1 saturated carbocycles. The van der Waals surface area contributed by atoms with Gasteiger partial charge in [0, 0.05) is 5.92 Å². The maximum absolute atomic E-state index is 13.2. The highest BCUT2D eigenvalue weighted by Crippen LogP contribution is 2.51. The molecule has 2 rings (SSSR count). The number of halogens is 2. The molecule has 3 unspecified atom stereocenters. The van der Waals surface area contributed by atoms with Crippen LogP contribution in [0.5, 0.6) is 0 Å². The van der Waals surface area contributed by atoms with E-state index in [0.717, 1.165) is 0 Å². The molecule has 0 radical (unpaired) electrons. The van der Waals surface area contributed by atoms with Crippen molar-refractivity contribution in [2.75, 3.05) is 0 Å². The van der Waals surface area contributed by atoms with Crippen LogP contribution in [0.4, 0.5) is 8.78 Å². The first-order valence-corrected chi connectivity index (χ1v) is 5.75. The Kier molecular flexibility index (Phi) is 1.98. The highest BCUT2D eigenvalue weighted by atomic mass is 32.2. The topological polar surface area (TPSA) is 57.2 Å². The lowest BCUT2D eigenvalue weighted by atomic mass is 9.94. The van der Waals surface area contributed by atoms with E-state index in [9.17, 15) is 21.8 Å². The average molecular weight is 223 g/mol. The van der Waals surface area contributed by atoms with Gasteiger partial charge in [-0.05, 0) is 24.7 Å². The monoisotopic (exact) mass is 223 g/mol. The van der Waals surface area contributed by atoms with Crippen molar-refractivity contribution >= 4 is 10.1 Å². The molecule has 0 aliphatic heterocycles. The standard InChI is InChI=1S/C8H10F2O3S/c9-8(10,14(11,12)13)7-4-5-1-2-6(7)3-5/h1-2,5-7H,3-4H2,(H,11,12,13)/p-1. The molecule has 1 fully saturated rings. The highest BCUT2D eigenvalue weighted by molar-refractivity contribution is 7.86. The summed E-state index contributed by atoms with van der Waals surface area (Å²) in [6.45, 7) is 0. The van der Waals surface area contributed by atoms with Gasteiger partial charge in [-0.15, -0.1) is 0 Å². The molecular weight excluding hydrogens is 214 g/mol. The SMILES string of the molecule is O=S(=O)([O-])C(F)(F)C1CC2C=CC1C2. The second-order valence-corrected chi connectivity index (χ2v) is 5.36. The van der Waals surface area contributed by atoms with E-state index in [-0.39, 0.29) is 12.3 Å². The molecular formula is C8H9F2O3S-. The second kappa shape index (κ2) is 2.76. The van der Waals surface area contributed by atoms with Crippen molar-refractivity contribution in [3.05, 3.63) is 12.2 Å². The molecule has 3 nitrogen and oxygen atoms in total. The maximum atomic E-state index is 13.2. The molecule has 6 heteroatoms. The van der Waals surface area contributed by atoms with Crippen LogP contribution in [0.25, 0.3) is 0 Å². The summed E-state index contributed by atoms with van der Waals surface area (Å²) < 4.78 is 57.5.